The van der Waals surface area contributed by atoms with E-state index >= 15 is 0 Å². The van der Waals surface area contributed by atoms with Crippen LogP contribution in [0, 0.1) is 12.8 Å². The summed E-state index contributed by atoms with van der Waals surface area (Å²) in [5.74, 6) is 1.39. The minimum absolute atomic E-state index is 0.121. The van der Waals surface area contributed by atoms with Gasteiger partial charge in [-0.3, -0.25) is 0 Å². The Balaban J connectivity index is 1.41. The topological polar surface area (TPSA) is 70.8 Å². The molecule has 0 spiro atoms. The monoisotopic (exact) mass is 363 g/mol. The number of sulfonamides is 1. The molecule has 8 heteroatoms. The van der Waals surface area contributed by atoms with Crippen LogP contribution in [0.25, 0.3) is 5.52 Å². The predicted octanol–water partition coefficient (Wildman–Crippen LogP) is 1.68. The molecule has 25 heavy (non-hydrogen) atoms. The summed E-state index contributed by atoms with van der Waals surface area (Å²) in [5.41, 5.74) is 2.02. The lowest BCUT2D eigenvalue weighted by Gasteiger charge is -2.34. The van der Waals surface area contributed by atoms with Crippen molar-refractivity contribution in [1.29, 1.82) is 0 Å². The lowest BCUT2D eigenvalue weighted by molar-refractivity contribution is 0.327. The van der Waals surface area contributed by atoms with E-state index in [0.29, 0.717) is 12.5 Å². The highest BCUT2D eigenvalue weighted by Crippen LogP contribution is 2.32. The summed E-state index contributed by atoms with van der Waals surface area (Å²) in [6, 6.07) is 2.06. The second kappa shape index (κ2) is 6.25. The van der Waals surface area contributed by atoms with Crippen molar-refractivity contribution in [2.45, 2.75) is 37.9 Å². The van der Waals surface area contributed by atoms with Gasteiger partial charge in [0.15, 0.2) is 5.82 Å². The van der Waals surface area contributed by atoms with E-state index in [1.54, 1.807) is 17.5 Å². The molecule has 2 aliphatic rings. The fourth-order valence-corrected chi connectivity index (χ4v) is 5.35. The van der Waals surface area contributed by atoms with Crippen molar-refractivity contribution in [3.8, 4) is 0 Å². The van der Waals surface area contributed by atoms with Crippen molar-refractivity contribution in [3.63, 3.8) is 0 Å². The third-order valence-electron chi connectivity index (χ3n) is 5.30. The highest BCUT2D eigenvalue weighted by Gasteiger charge is 2.39. The molecule has 1 aliphatic carbocycles. The molecule has 0 atom stereocenters. The highest BCUT2D eigenvalue weighted by molar-refractivity contribution is 7.90. The molecule has 0 unspecified atom stereocenters. The molecular weight excluding hydrogens is 338 g/mol. The summed E-state index contributed by atoms with van der Waals surface area (Å²) in [5, 5.41) is 4.33. The number of aromatic nitrogens is 3. The SMILES string of the molecule is Cc1cc2c(N3CCC(CN(C)S(=O)(=O)C4CC4)CC3)nccn2n1. The zero-order valence-corrected chi connectivity index (χ0v) is 15.6. The zero-order valence-electron chi connectivity index (χ0n) is 14.8. The Hall–Kier alpha value is -1.67. The molecule has 2 aromatic rings. The Bertz CT molecular complexity index is 866. The molecule has 1 saturated heterocycles. The molecule has 3 heterocycles. The highest BCUT2D eigenvalue weighted by atomic mass is 32.2. The molecule has 7 nitrogen and oxygen atoms in total. The van der Waals surface area contributed by atoms with Crippen LogP contribution in [0.2, 0.25) is 0 Å². The van der Waals surface area contributed by atoms with E-state index < -0.39 is 10.0 Å². The van der Waals surface area contributed by atoms with Gasteiger partial charge in [0.05, 0.1) is 10.9 Å². The number of nitrogens with zero attached hydrogens (tertiary/aromatic N) is 5. The van der Waals surface area contributed by atoms with Crippen molar-refractivity contribution in [2.24, 2.45) is 5.92 Å². The van der Waals surface area contributed by atoms with Gasteiger partial charge in [-0.2, -0.15) is 5.10 Å². The van der Waals surface area contributed by atoms with Crippen LogP contribution in [0.4, 0.5) is 5.82 Å². The number of hydrogen-bond acceptors (Lipinski definition) is 5. The summed E-state index contributed by atoms with van der Waals surface area (Å²) < 4.78 is 28.1. The maximum atomic E-state index is 12.3. The molecule has 4 rings (SSSR count). The molecule has 1 saturated carbocycles. The first-order chi connectivity index (χ1) is 11.9. The van der Waals surface area contributed by atoms with E-state index in [1.165, 1.54) is 0 Å². The standard InChI is InChI=1S/C17H25N5O2S/c1-13-11-16-17(18-7-10-22(16)19-13)21-8-5-14(6-9-21)12-20(2)25(23,24)15-3-4-15/h7,10-11,14-15H,3-6,8-9,12H2,1-2H3. The van der Waals surface area contributed by atoms with E-state index in [9.17, 15) is 8.42 Å². The smallest absolute Gasteiger partial charge is 0.216 e. The predicted molar refractivity (Wildman–Crippen MR) is 97.2 cm³/mol. The van der Waals surface area contributed by atoms with Gasteiger partial charge in [-0.1, -0.05) is 0 Å². The van der Waals surface area contributed by atoms with Crippen LogP contribution in [0.15, 0.2) is 18.5 Å². The molecular formula is C17H25N5O2S. The third kappa shape index (κ3) is 3.25. The molecule has 0 radical (unpaired) electrons. The maximum Gasteiger partial charge on any atom is 0.216 e. The van der Waals surface area contributed by atoms with Gasteiger partial charge in [-0.25, -0.2) is 22.2 Å². The second-order valence-corrected chi connectivity index (χ2v) is 9.64. The third-order valence-corrected chi connectivity index (χ3v) is 7.63. The zero-order chi connectivity index (χ0) is 17.6. The second-order valence-electron chi connectivity index (χ2n) is 7.32. The van der Waals surface area contributed by atoms with Crippen LogP contribution in [0.1, 0.15) is 31.4 Å². The Kier molecular flexibility index (Phi) is 4.19. The van der Waals surface area contributed by atoms with Crippen LogP contribution >= 0.6 is 0 Å². The lowest BCUT2D eigenvalue weighted by Crippen LogP contribution is -2.40. The largest absolute Gasteiger partial charge is 0.355 e. The van der Waals surface area contributed by atoms with Crippen molar-refractivity contribution in [3.05, 3.63) is 24.2 Å². The quantitative estimate of drug-likeness (QED) is 0.808. The van der Waals surface area contributed by atoms with E-state index in [4.69, 9.17) is 0 Å². The molecule has 0 N–H and O–H groups in total. The number of aryl methyl sites for hydroxylation is 1. The van der Waals surface area contributed by atoms with E-state index in [-0.39, 0.29) is 5.25 Å². The molecule has 0 aromatic carbocycles. The molecule has 136 valence electrons. The van der Waals surface area contributed by atoms with Crippen LogP contribution in [-0.2, 0) is 10.0 Å². The van der Waals surface area contributed by atoms with Gasteiger partial charge < -0.3 is 4.90 Å². The van der Waals surface area contributed by atoms with Gasteiger partial charge in [0.25, 0.3) is 0 Å². The average Bonchev–Trinajstić information content (AvgIpc) is 3.37. The first-order valence-electron chi connectivity index (χ1n) is 8.96. The van der Waals surface area contributed by atoms with Gasteiger partial charge in [-0.15, -0.1) is 0 Å². The van der Waals surface area contributed by atoms with Gasteiger partial charge in [0.1, 0.15) is 5.52 Å². The van der Waals surface area contributed by atoms with Crippen molar-refractivity contribution < 1.29 is 8.42 Å². The van der Waals surface area contributed by atoms with Gasteiger partial charge in [0, 0.05) is 39.1 Å². The number of rotatable bonds is 5. The van der Waals surface area contributed by atoms with Crippen LogP contribution in [0.5, 0.6) is 0 Å². The summed E-state index contributed by atoms with van der Waals surface area (Å²) in [6.07, 6.45) is 7.28. The normalized spacial score (nSPS) is 19.9. The minimum atomic E-state index is -3.06. The molecule has 0 amide bonds. The van der Waals surface area contributed by atoms with Crippen molar-refractivity contribution in [2.75, 3.05) is 31.6 Å². The summed E-state index contributed by atoms with van der Waals surface area (Å²) >= 11 is 0. The van der Waals surface area contributed by atoms with Gasteiger partial charge in [0.2, 0.25) is 10.0 Å². The first kappa shape index (κ1) is 16.8. The summed E-state index contributed by atoms with van der Waals surface area (Å²) in [4.78, 5) is 6.85. The Morgan fingerprint density at radius 2 is 1.96 bits per heavy atom. The Morgan fingerprint density at radius 1 is 1.24 bits per heavy atom. The fourth-order valence-electron chi connectivity index (χ4n) is 3.69. The summed E-state index contributed by atoms with van der Waals surface area (Å²) in [7, 11) is -1.33. The molecule has 1 aliphatic heterocycles. The Labute approximate surface area is 148 Å². The van der Waals surface area contributed by atoms with E-state index in [0.717, 1.165) is 55.8 Å². The summed E-state index contributed by atoms with van der Waals surface area (Å²) in [6.45, 7) is 4.42. The number of piperidine rings is 1. The van der Waals surface area contributed by atoms with E-state index in [2.05, 4.69) is 21.0 Å². The lowest BCUT2D eigenvalue weighted by atomic mass is 9.97. The van der Waals surface area contributed by atoms with Crippen LogP contribution < -0.4 is 4.90 Å². The van der Waals surface area contributed by atoms with E-state index in [1.807, 2.05) is 17.6 Å². The van der Waals surface area contributed by atoms with Gasteiger partial charge in [-0.05, 0) is 44.6 Å². The number of anilines is 1. The molecule has 2 fully saturated rings. The fraction of sp³-hybridized carbons (Fsp3) is 0.647. The van der Waals surface area contributed by atoms with Crippen molar-refractivity contribution >= 4 is 21.4 Å². The van der Waals surface area contributed by atoms with Gasteiger partial charge >= 0.3 is 0 Å². The minimum Gasteiger partial charge on any atom is -0.355 e. The number of fused-ring (bicyclic) bond motifs is 1. The van der Waals surface area contributed by atoms with Crippen LogP contribution in [0.3, 0.4) is 0 Å². The van der Waals surface area contributed by atoms with Crippen molar-refractivity contribution in [1.82, 2.24) is 18.9 Å². The first-order valence-corrected chi connectivity index (χ1v) is 10.5. The Morgan fingerprint density at radius 3 is 2.64 bits per heavy atom. The maximum absolute atomic E-state index is 12.3. The average molecular weight is 363 g/mol. The van der Waals surface area contributed by atoms with Crippen LogP contribution in [-0.4, -0.2) is 59.3 Å². The number of hydrogen-bond donors (Lipinski definition) is 0. The molecule has 0 bridgehead atoms. The molecule has 2 aromatic heterocycles.